The number of likely N-dealkylation sites (N-methyl/N-ethyl adjacent to an activating group) is 1. The predicted octanol–water partition coefficient (Wildman–Crippen LogP) is 1.81. The minimum Gasteiger partial charge on any atom is -0.510 e. The van der Waals surface area contributed by atoms with Gasteiger partial charge in [0.05, 0.1) is 11.6 Å². The summed E-state index contributed by atoms with van der Waals surface area (Å²) in [6.45, 7) is 3.45. The van der Waals surface area contributed by atoms with Gasteiger partial charge in [0.1, 0.15) is 28.7 Å². The van der Waals surface area contributed by atoms with Gasteiger partial charge < -0.3 is 26.2 Å². The molecule has 1 saturated heterocycles. The Labute approximate surface area is 225 Å². The van der Waals surface area contributed by atoms with Crippen molar-refractivity contribution in [3.05, 3.63) is 51.2 Å². The number of primary amides is 1. The number of benzene rings is 1. The number of carbonyl (C=O) groups is 3. The van der Waals surface area contributed by atoms with Crippen molar-refractivity contribution in [2.24, 2.45) is 17.6 Å². The van der Waals surface area contributed by atoms with Crippen LogP contribution in [0.4, 0.5) is 4.39 Å². The Balaban J connectivity index is 1.64. The minimum absolute atomic E-state index is 0.0203. The number of halogens is 1. The van der Waals surface area contributed by atoms with E-state index in [1.807, 2.05) is 6.92 Å². The lowest BCUT2D eigenvalue weighted by Crippen LogP contribution is -2.63. The van der Waals surface area contributed by atoms with Crippen molar-refractivity contribution in [2.75, 3.05) is 27.2 Å². The first-order chi connectivity index (χ1) is 18.3. The molecule has 1 amide bonds. The lowest BCUT2D eigenvalue weighted by Gasteiger charge is -2.50. The summed E-state index contributed by atoms with van der Waals surface area (Å²) in [5.41, 5.74) is 1.42. The highest BCUT2D eigenvalue weighted by Crippen LogP contribution is 2.52. The number of ketones is 2. The van der Waals surface area contributed by atoms with Crippen LogP contribution in [0.2, 0.25) is 0 Å². The quantitative estimate of drug-likeness (QED) is 0.356. The molecule has 39 heavy (non-hydrogen) atoms. The molecule has 1 aromatic carbocycles. The lowest BCUT2D eigenvalue weighted by molar-refractivity contribution is -0.148. The molecule has 4 aliphatic rings. The number of amides is 1. The number of hydrogen-bond donors (Lipinski definition) is 5. The van der Waals surface area contributed by atoms with E-state index in [4.69, 9.17) is 5.73 Å². The summed E-state index contributed by atoms with van der Waals surface area (Å²) in [5.74, 6) is -8.12. The van der Waals surface area contributed by atoms with E-state index < -0.39 is 69.6 Å². The van der Waals surface area contributed by atoms with E-state index >= 15 is 4.39 Å². The van der Waals surface area contributed by atoms with Crippen LogP contribution < -0.4 is 5.73 Å². The number of fused-ring (bicyclic) bond motifs is 3. The highest BCUT2D eigenvalue weighted by Gasteiger charge is 2.63. The molecule has 1 aliphatic heterocycles. The number of nitrogens with zero attached hydrogens (tertiary/aromatic N) is 2. The van der Waals surface area contributed by atoms with Gasteiger partial charge in [0.2, 0.25) is 5.78 Å². The number of rotatable bonds is 4. The normalized spacial score (nSPS) is 30.3. The summed E-state index contributed by atoms with van der Waals surface area (Å²) in [6.07, 6.45) is 2.93. The van der Waals surface area contributed by atoms with Gasteiger partial charge in [-0.3, -0.25) is 24.2 Å². The molecule has 0 aromatic heterocycles. The maximum Gasteiger partial charge on any atom is 0.255 e. The fourth-order valence-electron chi connectivity index (χ4n) is 7.12. The van der Waals surface area contributed by atoms with Gasteiger partial charge in [-0.05, 0) is 71.8 Å². The molecule has 0 spiro atoms. The van der Waals surface area contributed by atoms with E-state index in [0.29, 0.717) is 0 Å². The zero-order valence-electron chi connectivity index (χ0n) is 22.2. The zero-order chi connectivity index (χ0) is 28.5. The number of phenols is 1. The molecule has 6 N–H and O–H groups in total. The van der Waals surface area contributed by atoms with Gasteiger partial charge in [-0.2, -0.15) is 0 Å². The third-order valence-electron chi connectivity index (χ3n) is 9.07. The second-order valence-corrected chi connectivity index (χ2v) is 11.4. The number of phenolic OH excluding ortho intramolecular Hbond substituents is 1. The summed E-state index contributed by atoms with van der Waals surface area (Å²) >= 11 is 0. The van der Waals surface area contributed by atoms with Gasteiger partial charge in [0, 0.05) is 28.7 Å². The van der Waals surface area contributed by atoms with Crippen molar-refractivity contribution >= 4 is 17.5 Å². The first-order valence-corrected chi connectivity index (χ1v) is 13.2. The third kappa shape index (κ3) is 3.81. The van der Waals surface area contributed by atoms with Crippen molar-refractivity contribution in [1.29, 1.82) is 0 Å². The van der Waals surface area contributed by atoms with Crippen molar-refractivity contribution in [3.8, 4) is 5.75 Å². The van der Waals surface area contributed by atoms with Gasteiger partial charge >= 0.3 is 0 Å². The van der Waals surface area contributed by atoms with Crippen LogP contribution in [0.1, 0.15) is 60.1 Å². The molecule has 0 saturated carbocycles. The third-order valence-corrected chi connectivity index (χ3v) is 9.07. The topological polar surface area (TPSA) is 165 Å². The van der Waals surface area contributed by atoms with Crippen LogP contribution in [0.15, 0.2) is 28.7 Å². The average molecular weight is 544 g/mol. The van der Waals surface area contributed by atoms with Gasteiger partial charge in [0.15, 0.2) is 11.4 Å². The van der Waals surface area contributed by atoms with Crippen LogP contribution in [-0.4, -0.2) is 86.5 Å². The van der Waals surface area contributed by atoms with E-state index in [0.717, 1.165) is 32.4 Å². The largest absolute Gasteiger partial charge is 0.510 e. The Morgan fingerprint density at radius 3 is 2.41 bits per heavy atom. The number of aliphatic hydroxyl groups excluding tert-OH is 2. The van der Waals surface area contributed by atoms with Crippen molar-refractivity contribution in [3.63, 3.8) is 0 Å². The molecule has 1 aromatic rings. The molecule has 5 atom stereocenters. The predicted molar refractivity (Wildman–Crippen MR) is 137 cm³/mol. The van der Waals surface area contributed by atoms with Gasteiger partial charge in [0.25, 0.3) is 5.91 Å². The van der Waals surface area contributed by atoms with Crippen LogP contribution in [0, 0.1) is 17.7 Å². The summed E-state index contributed by atoms with van der Waals surface area (Å²) in [6, 6.07) is -0.190. The number of nitrogens with two attached hydrogens (primary N) is 1. The fraction of sp³-hybridized carbons (Fsp3) is 0.536. The number of likely N-dealkylation sites (tertiary alicyclic amines) is 1. The van der Waals surface area contributed by atoms with Crippen LogP contribution in [-0.2, 0) is 16.0 Å². The van der Waals surface area contributed by atoms with Crippen molar-refractivity contribution < 1.29 is 39.2 Å². The summed E-state index contributed by atoms with van der Waals surface area (Å²) < 4.78 is 16.1. The highest BCUT2D eigenvalue weighted by atomic mass is 19.1. The number of piperidine rings is 1. The van der Waals surface area contributed by atoms with Crippen LogP contribution >= 0.6 is 0 Å². The summed E-state index contributed by atoms with van der Waals surface area (Å²) in [7, 11) is 3.11. The van der Waals surface area contributed by atoms with E-state index in [-0.39, 0.29) is 41.1 Å². The van der Waals surface area contributed by atoms with Gasteiger partial charge in [-0.25, -0.2) is 4.39 Å². The molecule has 11 heteroatoms. The standard InChI is InChI=1S/C28H34FN3O7/c1-12(32-7-5-4-6-8-32)14-11-17(33)19-15(21(14)29)9-13-10-16-22(31(2)3)24(35)20(27(30)38)26(37)28(16,39)25(36)18(13)23(19)34/h11-13,16,22,33,35-36,39H,4-10H2,1-3H3,(H2,30,38)/t12?,13-,16-,22-,28-/m0/s1. The Kier molecular flexibility index (Phi) is 6.60. The lowest BCUT2D eigenvalue weighted by atomic mass is 9.58. The monoisotopic (exact) mass is 543 g/mol. The number of allylic oxidation sites excluding steroid dienone is 1. The Morgan fingerprint density at radius 2 is 1.82 bits per heavy atom. The second-order valence-electron chi connectivity index (χ2n) is 11.4. The Bertz CT molecular complexity index is 1350. The van der Waals surface area contributed by atoms with Crippen LogP contribution in [0.3, 0.4) is 0 Å². The summed E-state index contributed by atoms with van der Waals surface area (Å²) in [5, 5.41) is 44.7. The molecule has 0 bridgehead atoms. The average Bonchev–Trinajstić information content (AvgIpc) is 2.87. The first kappa shape index (κ1) is 27.3. The molecule has 210 valence electrons. The number of hydrogen-bond acceptors (Lipinski definition) is 9. The van der Waals surface area contributed by atoms with E-state index in [1.165, 1.54) is 11.0 Å². The molecule has 1 fully saturated rings. The molecular weight excluding hydrogens is 509 g/mol. The first-order valence-electron chi connectivity index (χ1n) is 13.2. The zero-order valence-corrected chi connectivity index (χ0v) is 22.2. The fourth-order valence-corrected chi connectivity index (χ4v) is 7.12. The number of aliphatic hydroxyl groups is 3. The highest BCUT2D eigenvalue weighted by molar-refractivity contribution is 6.24. The maximum atomic E-state index is 16.1. The maximum absolute atomic E-state index is 16.1. The van der Waals surface area contributed by atoms with Crippen molar-refractivity contribution in [2.45, 2.75) is 56.7 Å². The Morgan fingerprint density at radius 1 is 1.18 bits per heavy atom. The SMILES string of the molecule is CC(c1cc(O)c2c(c1F)C[C@H]1C[C@H]3[C@H](N(C)C)C(O)=C(C(N)=O)C(=O)[C@@]3(O)C(O)=C1C2=O)N1CCCCC1. The second kappa shape index (κ2) is 9.42. The number of Topliss-reactive ketones (excluding diaryl/α,β-unsaturated/α-hetero) is 2. The molecule has 3 aliphatic carbocycles. The van der Waals surface area contributed by atoms with Crippen LogP contribution in [0.25, 0.3) is 0 Å². The molecule has 5 rings (SSSR count). The van der Waals surface area contributed by atoms with Crippen molar-refractivity contribution in [1.82, 2.24) is 9.80 Å². The van der Waals surface area contributed by atoms with E-state index in [1.54, 1.807) is 14.1 Å². The smallest absolute Gasteiger partial charge is 0.255 e. The number of aromatic hydroxyl groups is 1. The molecule has 0 radical (unpaired) electrons. The van der Waals surface area contributed by atoms with Gasteiger partial charge in [-0.1, -0.05) is 6.42 Å². The molecule has 1 heterocycles. The van der Waals surface area contributed by atoms with Crippen LogP contribution in [0.5, 0.6) is 5.75 Å². The molecule has 10 nitrogen and oxygen atoms in total. The van der Waals surface area contributed by atoms with E-state index in [9.17, 15) is 34.8 Å². The summed E-state index contributed by atoms with van der Waals surface area (Å²) in [4.78, 5) is 42.7. The minimum atomic E-state index is -2.72. The molecular formula is C28H34FN3O7. The van der Waals surface area contributed by atoms with Gasteiger partial charge in [-0.15, -0.1) is 0 Å². The Hall–Kier alpha value is -3.28. The number of carbonyl (C=O) groups excluding carboxylic acids is 3. The molecule has 1 unspecified atom stereocenters. The van der Waals surface area contributed by atoms with E-state index in [2.05, 4.69) is 4.90 Å².